The first-order valence-corrected chi connectivity index (χ1v) is 8.53. The van der Waals surface area contributed by atoms with E-state index in [0.717, 1.165) is 10.0 Å². The number of hydrogen-bond donors (Lipinski definition) is 1. The summed E-state index contributed by atoms with van der Waals surface area (Å²) in [6.45, 7) is -0.267. The van der Waals surface area contributed by atoms with Gasteiger partial charge in [-0.2, -0.15) is 0 Å². The predicted octanol–water partition coefficient (Wildman–Crippen LogP) is 4.82. The molecule has 1 heterocycles. The third kappa shape index (κ3) is 4.72. The first kappa shape index (κ1) is 17.7. The van der Waals surface area contributed by atoms with Crippen molar-refractivity contribution < 1.29 is 13.9 Å². The summed E-state index contributed by atoms with van der Waals surface area (Å²) in [7, 11) is 0. The molecule has 0 atom stereocenters. The maximum atomic E-state index is 11.9. The van der Waals surface area contributed by atoms with E-state index >= 15 is 0 Å². The molecule has 1 aromatic heterocycles. The highest BCUT2D eigenvalue weighted by Crippen LogP contribution is 2.27. The smallest absolute Gasteiger partial charge is 0.322 e. The molecule has 0 saturated carbocycles. The van der Waals surface area contributed by atoms with Crippen molar-refractivity contribution in [3.63, 3.8) is 0 Å². The minimum atomic E-state index is -0.461. The fourth-order valence-corrected chi connectivity index (χ4v) is 2.60. The molecule has 0 bridgehead atoms. The highest BCUT2D eigenvalue weighted by molar-refractivity contribution is 9.10. The lowest BCUT2D eigenvalue weighted by molar-refractivity contribution is -0.118. The average molecular weight is 443 g/mol. The van der Waals surface area contributed by atoms with Crippen LogP contribution in [-0.2, 0) is 4.79 Å². The molecule has 6 nitrogen and oxygen atoms in total. The summed E-state index contributed by atoms with van der Waals surface area (Å²) >= 11 is 15.1. The fourth-order valence-electron chi connectivity index (χ4n) is 1.87. The van der Waals surface area contributed by atoms with Crippen LogP contribution in [-0.4, -0.2) is 22.7 Å². The third-order valence-electron chi connectivity index (χ3n) is 3.02. The van der Waals surface area contributed by atoms with Crippen LogP contribution in [0.5, 0.6) is 5.75 Å². The number of rotatable bonds is 5. The molecule has 1 amide bonds. The molecule has 128 valence electrons. The van der Waals surface area contributed by atoms with Gasteiger partial charge in [-0.3, -0.25) is 10.1 Å². The van der Waals surface area contributed by atoms with E-state index in [1.54, 1.807) is 12.1 Å². The van der Waals surface area contributed by atoms with E-state index in [0.29, 0.717) is 21.7 Å². The molecular weight excluding hydrogens is 433 g/mol. The van der Waals surface area contributed by atoms with Crippen LogP contribution in [0.1, 0.15) is 0 Å². The maximum absolute atomic E-state index is 11.9. The number of hydrogen-bond acceptors (Lipinski definition) is 5. The molecule has 0 radical (unpaired) electrons. The number of carbonyl (C=O) groups is 1. The Bertz CT molecular complexity index is 900. The Morgan fingerprint density at radius 1 is 1.16 bits per heavy atom. The molecule has 1 N–H and O–H groups in total. The largest absolute Gasteiger partial charge is 0.482 e. The van der Waals surface area contributed by atoms with Crippen LogP contribution in [0.15, 0.2) is 51.4 Å². The van der Waals surface area contributed by atoms with Crippen LogP contribution in [0.2, 0.25) is 10.0 Å². The Kier molecular flexibility index (Phi) is 5.57. The average Bonchev–Trinajstić information content (AvgIpc) is 3.03. The minimum absolute atomic E-state index is 0.0197. The molecule has 0 aliphatic rings. The van der Waals surface area contributed by atoms with E-state index in [1.807, 2.05) is 24.3 Å². The van der Waals surface area contributed by atoms with Gasteiger partial charge in [-0.1, -0.05) is 44.2 Å². The van der Waals surface area contributed by atoms with Gasteiger partial charge in [0.05, 0.1) is 5.02 Å². The van der Waals surface area contributed by atoms with Gasteiger partial charge in [0.15, 0.2) is 6.61 Å². The maximum Gasteiger partial charge on any atom is 0.322 e. The van der Waals surface area contributed by atoms with E-state index in [2.05, 4.69) is 31.4 Å². The zero-order valence-electron chi connectivity index (χ0n) is 12.5. The molecule has 0 aliphatic heterocycles. The summed E-state index contributed by atoms with van der Waals surface area (Å²) in [6, 6.07) is 12.0. The Labute approximate surface area is 161 Å². The van der Waals surface area contributed by atoms with Gasteiger partial charge in [0.2, 0.25) is 5.89 Å². The lowest BCUT2D eigenvalue weighted by Crippen LogP contribution is -2.20. The monoisotopic (exact) mass is 441 g/mol. The molecule has 25 heavy (non-hydrogen) atoms. The van der Waals surface area contributed by atoms with Gasteiger partial charge in [0.25, 0.3) is 5.91 Å². The van der Waals surface area contributed by atoms with E-state index in [4.69, 9.17) is 32.4 Å². The third-order valence-corrected chi connectivity index (χ3v) is 4.07. The van der Waals surface area contributed by atoms with Crippen molar-refractivity contribution in [1.29, 1.82) is 0 Å². The van der Waals surface area contributed by atoms with Crippen LogP contribution in [0.25, 0.3) is 11.5 Å². The first-order chi connectivity index (χ1) is 12.0. The first-order valence-electron chi connectivity index (χ1n) is 6.98. The Balaban J connectivity index is 1.59. The Morgan fingerprint density at radius 3 is 2.64 bits per heavy atom. The minimum Gasteiger partial charge on any atom is -0.482 e. The summed E-state index contributed by atoms with van der Waals surface area (Å²) in [5, 5.41) is 10.9. The van der Waals surface area contributed by atoms with Gasteiger partial charge < -0.3 is 9.15 Å². The van der Waals surface area contributed by atoms with Gasteiger partial charge in [-0.15, -0.1) is 5.10 Å². The topological polar surface area (TPSA) is 77.2 Å². The number of amides is 1. The number of nitrogens with one attached hydrogen (secondary N) is 1. The molecule has 3 rings (SSSR count). The van der Waals surface area contributed by atoms with Gasteiger partial charge in [0, 0.05) is 15.1 Å². The summed E-state index contributed by atoms with van der Waals surface area (Å²) in [5.41, 5.74) is 0.736. The number of aromatic nitrogens is 2. The Morgan fingerprint density at radius 2 is 1.92 bits per heavy atom. The molecule has 0 unspecified atom stereocenters. The van der Waals surface area contributed by atoms with Crippen molar-refractivity contribution in [3.8, 4) is 17.2 Å². The SMILES string of the molecule is O=C(COc1ccc(Cl)cc1Cl)Nc1nnc(-c2ccc(Br)cc2)o1. The second-order valence-corrected chi connectivity index (χ2v) is 6.59. The normalized spacial score (nSPS) is 10.5. The summed E-state index contributed by atoms with van der Waals surface area (Å²) in [6.07, 6.45) is 0. The molecule has 9 heteroatoms. The predicted molar refractivity (Wildman–Crippen MR) is 98.0 cm³/mol. The number of ether oxygens (including phenoxy) is 1. The fraction of sp³-hybridized carbons (Fsp3) is 0.0625. The van der Waals surface area contributed by atoms with Crippen molar-refractivity contribution >= 4 is 51.1 Å². The van der Waals surface area contributed by atoms with Gasteiger partial charge in [-0.05, 0) is 42.5 Å². The van der Waals surface area contributed by atoms with Crippen molar-refractivity contribution in [2.45, 2.75) is 0 Å². The molecule has 0 aliphatic carbocycles. The number of halogens is 3. The van der Waals surface area contributed by atoms with Crippen molar-refractivity contribution in [2.75, 3.05) is 11.9 Å². The molecule has 3 aromatic rings. The van der Waals surface area contributed by atoms with Crippen LogP contribution in [0.3, 0.4) is 0 Å². The van der Waals surface area contributed by atoms with E-state index in [9.17, 15) is 4.79 Å². The number of nitrogens with zero attached hydrogens (tertiary/aromatic N) is 2. The van der Waals surface area contributed by atoms with Crippen molar-refractivity contribution in [2.24, 2.45) is 0 Å². The zero-order valence-corrected chi connectivity index (χ0v) is 15.6. The summed E-state index contributed by atoms with van der Waals surface area (Å²) in [4.78, 5) is 11.9. The highest BCUT2D eigenvalue weighted by atomic mass is 79.9. The summed E-state index contributed by atoms with van der Waals surface area (Å²) in [5.74, 6) is 0.184. The quantitative estimate of drug-likeness (QED) is 0.612. The lowest BCUT2D eigenvalue weighted by Gasteiger charge is -2.07. The van der Waals surface area contributed by atoms with E-state index < -0.39 is 5.91 Å². The van der Waals surface area contributed by atoms with Crippen molar-refractivity contribution in [3.05, 3.63) is 57.0 Å². The molecule has 0 saturated heterocycles. The number of carbonyl (C=O) groups excluding carboxylic acids is 1. The van der Waals surface area contributed by atoms with Crippen molar-refractivity contribution in [1.82, 2.24) is 10.2 Å². The standard InChI is InChI=1S/C16H10BrCl2N3O3/c17-10-3-1-9(2-4-10)15-21-22-16(25-15)20-14(23)8-24-13-6-5-11(18)7-12(13)19/h1-7H,8H2,(H,20,22,23). The number of anilines is 1. The van der Waals surface area contributed by atoms with E-state index in [-0.39, 0.29) is 12.6 Å². The molecule has 2 aromatic carbocycles. The highest BCUT2D eigenvalue weighted by Gasteiger charge is 2.12. The number of benzene rings is 2. The van der Waals surface area contributed by atoms with Gasteiger partial charge in [-0.25, -0.2) is 0 Å². The van der Waals surface area contributed by atoms with Gasteiger partial charge in [0.1, 0.15) is 5.75 Å². The molecule has 0 fully saturated rings. The van der Waals surface area contributed by atoms with Crippen LogP contribution in [0, 0.1) is 0 Å². The van der Waals surface area contributed by atoms with Crippen LogP contribution < -0.4 is 10.1 Å². The second-order valence-electron chi connectivity index (χ2n) is 4.83. The molecule has 0 spiro atoms. The van der Waals surface area contributed by atoms with Crippen LogP contribution >= 0.6 is 39.1 Å². The molecular formula is C16H10BrCl2N3O3. The second kappa shape index (κ2) is 7.86. The lowest BCUT2D eigenvalue weighted by atomic mass is 10.2. The summed E-state index contributed by atoms with van der Waals surface area (Å²) < 4.78 is 11.7. The van der Waals surface area contributed by atoms with E-state index in [1.165, 1.54) is 6.07 Å². The zero-order chi connectivity index (χ0) is 17.8. The van der Waals surface area contributed by atoms with Crippen LogP contribution in [0.4, 0.5) is 6.01 Å². The Hall–Kier alpha value is -2.09. The van der Waals surface area contributed by atoms with Gasteiger partial charge >= 0.3 is 6.01 Å².